The van der Waals surface area contributed by atoms with Gasteiger partial charge >= 0.3 is 0 Å². The minimum Gasteiger partial charge on any atom is -0.338 e. The number of hydrogen-bond donors (Lipinski definition) is 0. The zero-order valence-corrected chi connectivity index (χ0v) is 14.2. The van der Waals surface area contributed by atoms with Crippen LogP contribution >= 0.6 is 0 Å². The number of aryl methyl sites for hydroxylation is 1. The molecule has 1 aliphatic heterocycles. The fraction of sp³-hybridized carbons (Fsp3) is 0.556. The summed E-state index contributed by atoms with van der Waals surface area (Å²) in [6, 6.07) is 7.15. The van der Waals surface area contributed by atoms with Crippen LogP contribution < -0.4 is 0 Å². The summed E-state index contributed by atoms with van der Waals surface area (Å²) in [5.74, 6) is 2.49. The summed E-state index contributed by atoms with van der Waals surface area (Å²) in [5, 5.41) is 3.92. The Morgan fingerprint density at radius 1 is 1.25 bits per heavy atom. The van der Waals surface area contributed by atoms with Gasteiger partial charge in [0.25, 0.3) is 0 Å². The van der Waals surface area contributed by atoms with E-state index in [4.69, 9.17) is 4.52 Å². The van der Waals surface area contributed by atoms with Gasteiger partial charge in [0.15, 0.2) is 5.82 Å². The molecule has 1 aromatic heterocycles. The Morgan fingerprint density at radius 2 is 2.04 bits per heavy atom. The molecule has 0 amide bonds. The number of aromatic nitrogens is 2. The largest absolute Gasteiger partial charge is 0.338 e. The van der Waals surface area contributed by atoms with Crippen molar-refractivity contribution in [3.8, 4) is 0 Å². The smallest absolute Gasteiger partial charge is 0.245 e. The van der Waals surface area contributed by atoms with Gasteiger partial charge < -0.3 is 4.52 Å². The van der Waals surface area contributed by atoms with Gasteiger partial charge in [-0.2, -0.15) is 4.98 Å². The molecule has 1 saturated carbocycles. The van der Waals surface area contributed by atoms with E-state index in [1.807, 2.05) is 19.1 Å². The Balaban J connectivity index is 1.37. The molecule has 1 aliphatic carbocycles. The van der Waals surface area contributed by atoms with Crippen molar-refractivity contribution < 1.29 is 8.91 Å². The Kier molecular flexibility index (Phi) is 4.10. The third-order valence-electron chi connectivity index (χ3n) is 5.27. The molecule has 1 aromatic carbocycles. The second-order valence-electron chi connectivity index (χ2n) is 7.09. The van der Waals surface area contributed by atoms with Crippen molar-refractivity contribution in [3.05, 3.63) is 47.4 Å². The zero-order chi connectivity index (χ0) is 16.7. The third kappa shape index (κ3) is 3.21. The molecule has 3 atom stereocenters. The lowest BCUT2D eigenvalue weighted by Crippen LogP contribution is -2.47. The molecule has 2 aromatic rings. The number of piperazine rings is 1. The summed E-state index contributed by atoms with van der Waals surface area (Å²) in [6.07, 6.45) is 1.20. The van der Waals surface area contributed by atoms with E-state index in [0.29, 0.717) is 23.6 Å². The van der Waals surface area contributed by atoms with Crippen LogP contribution in [0.5, 0.6) is 0 Å². The van der Waals surface area contributed by atoms with Crippen LogP contribution in [0.3, 0.4) is 0 Å². The van der Waals surface area contributed by atoms with Gasteiger partial charge in [0.05, 0.1) is 0 Å². The number of likely N-dealkylation sites (N-methyl/N-ethyl adjacent to an activating group) is 1. The van der Waals surface area contributed by atoms with Crippen LogP contribution in [0.1, 0.15) is 35.7 Å². The quantitative estimate of drug-likeness (QED) is 0.862. The number of nitrogens with zero attached hydrogens (tertiary/aromatic N) is 4. The molecule has 24 heavy (non-hydrogen) atoms. The maximum Gasteiger partial charge on any atom is 0.245 e. The number of benzene rings is 1. The van der Waals surface area contributed by atoms with Gasteiger partial charge in [-0.3, -0.25) is 9.80 Å². The van der Waals surface area contributed by atoms with Crippen LogP contribution in [0.4, 0.5) is 4.39 Å². The molecule has 0 spiro atoms. The predicted octanol–water partition coefficient (Wildman–Crippen LogP) is 2.61. The fourth-order valence-corrected chi connectivity index (χ4v) is 3.71. The summed E-state index contributed by atoms with van der Waals surface area (Å²) in [4.78, 5) is 9.19. The molecule has 0 bridgehead atoms. The van der Waals surface area contributed by atoms with E-state index in [1.165, 1.54) is 12.0 Å². The SMILES string of the molecule is Cc1noc([C@@H]2CN(C[C@H]3C[C@H]3c3ccc(F)cc3)CCN2C)n1. The second-order valence-corrected chi connectivity index (χ2v) is 7.09. The van der Waals surface area contributed by atoms with Crippen molar-refractivity contribution in [2.45, 2.75) is 25.3 Å². The first-order chi connectivity index (χ1) is 11.6. The van der Waals surface area contributed by atoms with Crippen molar-refractivity contribution >= 4 is 0 Å². The second kappa shape index (κ2) is 6.26. The van der Waals surface area contributed by atoms with Gasteiger partial charge in [-0.15, -0.1) is 0 Å². The van der Waals surface area contributed by atoms with Crippen LogP contribution in [-0.4, -0.2) is 53.2 Å². The van der Waals surface area contributed by atoms with Crippen LogP contribution in [0.25, 0.3) is 0 Å². The number of halogens is 1. The summed E-state index contributed by atoms with van der Waals surface area (Å²) < 4.78 is 18.4. The molecule has 5 nitrogen and oxygen atoms in total. The summed E-state index contributed by atoms with van der Waals surface area (Å²) in [5.41, 5.74) is 1.26. The summed E-state index contributed by atoms with van der Waals surface area (Å²) >= 11 is 0. The molecular weight excluding hydrogens is 307 g/mol. The third-order valence-corrected chi connectivity index (χ3v) is 5.27. The van der Waals surface area contributed by atoms with Crippen LogP contribution in [-0.2, 0) is 0 Å². The molecule has 2 fully saturated rings. The summed E-state index contributed by atoms with van der Waals surface area (Å²) in [7, 11) is 2.11. The molecule has 0 unspecified atom stereocenters. The van der Waals surface area contributed by atoms with Crippen molar-refractivity contribution in [2.24, 2.45) is 5.92 Å². The maximum atomic E-state index is 13.1. The molecule has 0 N–H and O–H groups in total. The van der Waals surface area contributed by atoms with E-state index in [9.17, 15) is 4.39 Å². The molecule has 6 heteroatoms. The molecule has 0 radical (unpaired) electrons. The highest BCUT2D eigenvalue weighted by molar-refractivity contribution is 5.26. The van der Waals surface area contributed by atoms with Gasteiger partial charge in [0.1, 0.15) is 11.9 Å². The standard InChI is InChI=1S/C18H23FN4O/c1-12-20-18(24-21-12)17-11-23(8-7-22(17)2)10-14-9-16(14)13-3-5-15(19)6-4-13/h3-6,14,16-17H,7-11H2,1-2H3/t14-,16+,17+/m1/s1. The van der Waals surface area contributed by atoms with E-state index < -0.39 is 0 Å². The number of rotatable bonds is 4. The van der Waals surface area contributed by atoms with E-state index >= 15 is 0 Å². The summed E-state index contributed by atoms with van der Waals surface area (Å²) in [6.45, 7) is 5.92. The van der Waals surface area contributed by atoms with Gasteiger partial charge in [-0.1, -0.05) is 17.3 Å². The lowest BCUT2D eigenvalue weighted by Gasteiger charge is -2.37. The average Bonchev–Trinajstić information content (AvgIpc) is 3.20. The van der Waals surface area contributed by atoms with E-state index in [2.05, 4.69) is 27.0 Å². The van der Waals surface area contributed by atoms with E-state index in [-0.39, 0.29) is 11.9 Å². The molecule has 4 rings (SSSR count). The van der Waals surface area contributed by atoms with E-state index in [1.54, 1.807) is 12.1 Å². The fourth-order valence-electron chi connectivity index (χ4n) is 3.71. The Hall–Kier alpha value is -1.79. The van der Waals surface area contributed by atoms with Crippen molar-refractivity contribution in [1.82, 2.24) is 19.9 Å². The van der Waals surface area contributed by atoms with Crippen LogP contribution in [0.15, 0.2) is 28.8 Å². The highest BCUT2D eigenvalue weighted by Gasteiger charge is 2.40. The normalized spacial score (nSPS) is 28.2. The minimum absolute atomic E-state index is 0.160. The average molecular weight is 330 g/mol. The molecule has 2 aliphatic rings. The van der Waals surface area contributed by atoms with Crippen molar-refractivity contribution in [2.75, 3.05) is 33.2 Å². The van der Waals surface area contributed by atoms with E-state index in [0.717, 1.165) is 26.2 Å². The topological polar surface area (TPSA) is 45.4 Å². The number of hydrogen-bond acceptors (Lipinski definition) is 5. The van der Waals surface area contributed by atoms with Crippen molar-refractivity contribution in [3.63, 3.8) is 0 Å². The highest BCUT2D eigenvalue weighted by Crippen LogP contribution is 2.48. The Labute approximate surface area is 141 Å². The van der Waals surface area contributed by atoms with Crippen molar-refractivity contribution in [1.29, 1.82) is 0 Å². The molecule has 2 heterocycles. The molecular formula is C18H23FN4O. The Bertz CT molecular complexity index is 701. The first kappa shape index (κ1) is 15.7. The first-order valence-electron chi connectivity index (χ1n) is 8.58. The lowest BCUT2D eigenvalue weighted by atomic mass is 10.1. The molecule has 1 saturated heterocycles. The monoisotopic (exact) mass is 330 g/mol. The first-order valence-corrected chi connectivity index (χ1v) is 8.58. The lowest BCUT2D eigenvalue weighted by molar-refractivity contribution is 0.0728. The van der Waals surface area contributed by atoms with Crippen LogP contribution in [0, 0.1) is 18.7 Å². The Morgan fingerprint density at radius 3 is 2.75 bits per heavy atom. The van der Waals surface area contributed by atoms with Crippen LogP contribution in [0.2, 0.25) is 0 Å². The highest BCUT2D eigenvalue weighted by atomic mass is 19.1. The van der Waals surface area contributed by atoms with Gasteiger partial charge in [-0.25, -0.2) is 4.39 Å². The van der Waals surface area contributed by atoms with Gasteiger partial charge in [0, 0.05) is 26.2 Å². The van der Waals surface area contributed by atoms with Gasteiger partial charge in [0.2, 0.25) is 5.89 Å². The molecule has 128 valence electrons. The van der Waals surface area contributed by atoms with Gasteiger partial charge in [-0.05, 0) is 49.9 Å². The minimum atomic E-state index is -0.160. The zero-order valence-electron chi connectivity index (χ0n) is 14.2. The maximum absolute atomic E-state index is 13.1. The predicted molar refractivity (Wildman–Crippen MR) is 88.1 cm³/mol.